The number of alkyl halides is 1. The Morgan fingerprint density at radius 1 is 0.857 bits per heavy atom. The summed E-state index contributed by atoms with van der Waals surface area (Å²) < 4.78 is 1.11. The van der Waals surface area contributed by atoms with Crippen molar-refractivity contribution in [1.82, 2.24) is 0 Å². The summed E-state index contributed by atoms with van der Waals surface area (Å²) in [5.41, 5.74) is 3.42. The second-order valence-electron chi connectivity index (χ2n) is 5.02. The topological polar surface area (TPSA) is 0 Å². The predicted octanol–water partition coefficient (Wildman–Crippen LogP) is 7.05. The first-order valence-electron chi connectivity index (χ1n) is 6.66. The molecule has 3 aromatic carbocycles. The molecular weight excluding hydrogens is 411 g/mol. The van der Waals surface area contributed by atoms with Crippen molar-refractivity contribution in [1.29, 1.82) is 0 Å². The largest absolute Gasteiger partial charge is 0.0837 e. The van der Waals surface area contributed by atoms with Gasteiger partial charge in [-0.2, -0.15) is 0 Å². The fourth-order valence-corrected chi connectivity index (χ4v) is 4.17. The lowest BCUT2D eigenvalue weighted by Crippen LogP contribution is -1.96. The van der Waals surface area contributed by atoms with Gasteiger partial charge in [0.25, 0.3) is 0 Å². The Hall–Kier alpha value is -0.830. The molecule has 21 heavy (non-hydrogen) atoms. The first-order valence-corrected chi connectivity index (χ1v) is 8.74. The summed E-state index contributed by atoms with van der Waals surface area (Å²) in [7, 11) is 0. The molecule has 0 saturated carbocycles. The van der Waals surface area contributed by atoms with E-state index in [9.17, 15) is 0 Å². The van der Waals surface area contributed by atoms with Crippen LogP contribution in [0.3, 0.4) is 0 Å². The number of aryl methyl sites for hydroxylation is 1. The van der Waals surface area contributed by atoms with Crippen molar-refractivity contribution in [3.8, 4) is 0 Å². The molecule has 0 N–H and O–H groups in total. The third kappa shape index (κ3) is 2.77. The molecule has 106 valence electrons. The Bertz CT molecular complexity index is 811. The van der Waals surface area contributed by atoms with Gasteiger partial charge >= 0.3 is 0 Å². The van der Waals surface area contributed by atoms with Crippen LogP contribution in [0.2, 0.25) is 5.02 Å². The van der Waals surface area contributed by atoms with E-state index in [1.807, 2.05) is 19.1 Å². The lowest BCUT2D eigenvalue weighted by molar-refractivity contribution is 1.18. The van der Waals surface area contributed by atoms with Crippen molar-refractivity contribution in [2.45, 2.75) is 11.8 Å². The molecule has 0 aliphatic carbocycles. The molecule has 1 unspecified atom stereocenters. The number of benzene rings is 3. The quantitative estimate of drug-likeness (QED) is 0.387. The molecule has 0 spiro atoms. The van der Waals surface area contributed by atoms with Gasteiger partial charge < -0.3 is 0 Å². The highest BCUT2D eigenvalue weighted by atomic mass is 79.9. The molecule has 0 radical (unpaired) electrons. The zero-order chi connectivity index (χ0) is 15.0. The van der Waals surface area contributed by atoms with Gasteiger partial charge in [0.15, 0.2) is 0 Å². The molecule has 3 heteroatoms. The van der Waals surface area contributed by atoms with E-state index in [0.717, 1.165) is 20.6 Å². The molecular formula is C18H13Br2Cl. The zero-order valence-corrected chi connectivity index (χ0v) is 15.3. The van der Waals surface area contributed by atoms with Gasteiger partial charge in [-0.3, -0.25) is 0 Å². The fourth-order valence-electron chi connectivity index (χ4n) is 2.54. The Morgan fingerprint density at radius 2 is 1.57 bits per heavy atom. The molecule has 0 heterocycles. The van der Waals surface area contributed by atoms with Crippen LogP contribution >= 0.6 is 43.5 Å². The third-order valence-corrected chi connectivity index (χ3v) is 5.87. The molecule has 0 aromatic heterocycles. The molecule has 0 aliphatic rings. The summed E-state index contributed by atoms with van der Waals surface area (Å²) in [5.74, 6) is 0. The van der Waals surface area contributed by atoms with Gasteiger partial charge in [-0.25, -0.2) is 0 Å². The van der Waals surface area contributed by atoms with Crippen molar-refractivity contribution in [2.75, 3.05) is 0 Å². The third-order valence-electron chi connectivity index (χ3n) is 3.67. The highest BCUT2D eigenvalue weighted by molar-refractivity contribution is 9.10. The van der Waals surface area contributed by atoms with Crippen molar-refractivity contribution >= 4 is 54.2 Å². The summed E-state index contributed by atoms with van der Waals surface area (Å²) in [4.78, 5) is 0.0721. The molecule has 3 aromatic rings. The molecule has 1 atom stereocenters. The van der Waals surface area contributed by atoms with Gasteiger partial charge in [0.2, 0.25) is 0 Å². The Kier molecular flexibility index (Phi) is 4.39. The summed E-state index contributed by atoms with van der Waals surface area (Å²) in [6.45, 7) is 2.03. The van der Waals surface area contributed by atoms with Crippen LogP contribution in [0.25, 0.3) is 10.8 Å². The van der Waals surface area contributed by atoms with E-state index in [1.165, 1.54) is 16.3 Å². The molecule has 0 aliphatic heterocycles. The van der Waals surface area contributed by atoms with Crippen molar-refractivity contribution in [3.05, 3.63) is 80.8 Å². The van der Waals surface area contributed by atoms with Gasteiger partial charge in [0, 0.05) is 9.50 Å². The number of fused-ring (bicyclic) bond motifs is 1. The van der Waals surface area contributed by atoms with Crippen molar-refractivity contribution < 1.29 is 0 Å². The lowest BCUT2D eigenvalue weighted by Gasteiger charge is -2.17. The van der Waals surface area contributed by atoms with Gasteiger partial charge in [-0.05, 0) is 40.5 Å². The monoisotopic (exact) mass is 422 g/mol. The number of hydrogen-bond acceptors (Lipinski definition) is 0. The van der Waals surface area contributed by atoms with Gasteiger partial charge in [-0.1, -0.05) is 92.0 Å². The van der Waals surface area contributed by atoms with E-state index in [1.54, 1.807) is 0 Å². The zero-order valence-electron chi connectivity index (χ0n) is 11.4. The lowest BCUT2D eigenvalue weighted by atomic mass is 9.97. The van der Waals surface area contributed by atoms with Crippen LogP contribution in [-0.4, -0.2) is 0 Å². The molecule has 0 nitrogen and oxygen atoms in total. The van der Waals surface area contributed by atoms with E-state index in [2.05, 4.69) is 74.3 Å². The minimum absolute atomic E-state index is 0.0721. The fraction of sp³-hybridized carbons (Fsp3) is 0.111. The second kappa shape index (κ2) is 6.12. The summed E-state index contributed by atoms with van der Waals surface area (Å²) in [6, 6.07) is 18.8. The van der Waals surface area contributed by atoms with E-state index in [-0.39, 0.29) is 4.83 Å². The standard InChI is InChI=1S/C18H13Br2Cl/c1-11-5-4-8-15(18(11)21)17(20)14-9-10-16(19)13-7-3-2-6-12(13)14/h2-10,17H,1H3. The summed E-state index contributed by atoms with van der Waals surface area (Å²) in [5, 5.41) is 3.26. The number of rotatable bonds is 2. The van der Waals surface area contributed by atoms with Crippen LogP contribution in [-0.2, 0) is 0 Å². The van der Waals surface area contributed by atoms with Crippen molar-refractivity contribution in [3.63, 3.8) is 0 Å². The Labute approximate surface area is 146 Å². The minimum atomic E-state index is 0.0721. The van der Waals surface area contributed by atoms with Crippen molar-refractivity contribution in [2.24, 2.45) is 0 Å². The van der Waals surface area contributed by atoms with Gasteiger partial charge in [-0.15, -0.1) is 0 Å². The van der Waals surface area contributed by atoms with Crippen LogP contribution in [0.5, 0.6) is 0 Å². The van der Waals surface area contributed by atoms with Crippen LogP contribution in [0.1, 0.15) is 21.5 Å². The smallest absolute Gasteiger partial charge is 0.0665 e. The maximum absolute atomic E-state index is 6.48. The van der Waals surface area contributed by atoms with Gasteiger partial charge in [0.05, 0.1) is 4.83 Å². The normalized spacial score (nSPS) is 12.6. The molecule has 3 rings (SSSR count). The molecule has 0 saturated heterocycles. The maximum atomic E-state index is 6.48. The number of halogens is 3. The molecule has 0 amide bonds. The summed E-state index contributed by atoms with van der Waals surface area (Å²) in [6.07, 6.45) is 0. The average molecular weight is 425 g/mol. The van der Waals surface area contributed by atoms with Crippen LogP contribution in [0.15, 0.2) is 59.1 Å². The van der Waals surface area contributed by atoms with E-state index < -0.39 is 0 Å². The Balaban J connectivity index is 2.21. The van der Waals surface area contributed by atoms with Crippen LogP contribution in [0.4, 0.5) is 0 Å². The highest BCUT2D eigenvalue weighted by Gasteiger charge is 2.17. The van der Waals surface area contributed by atoms with E-state index >= 15 is 0 Å². The number of hydrogen-bond donors (Lipinski definition) is 0. The first kappa shape index (κ1) is 15.1. The van der Waals surface area contributed by atoms with Crippen LogP contribution in [0, 0.1) is 6.92 Å². The molecule has 0 fully saturated rings. The summed E-state index contributed by atoms with van der Waals surface area (Å²) >= 11 is 13.9. The van der Waals surface area contributed by atoms with E-state index in [0.29, 0.717) is 0 Å². The first-order chi connectivity index (χ1) is 10.1. The van der Waals surface area contributed by atoms with E-state index in [4.69, 9.17) is 11.6 Å². The predicted molar refractivity (Wildman–Crippen MR) is 98.6 cm³/mol. The molecule has 0 bridgehead atoms. The minimum Gasteiger partial charge on any atom is -0.0837 e. The van der Waals surface area contributed by atoms with Gasteiger partial charge in [0.1, 0.15) is 0 Å². The average Bonchev–Trinajstić information content (AvgIpc) is 2.50. The second-order valence-corrected chi connectivity index (χ2v) is 7.17. The highest BCUT2D eigenvalue weighted by Crippen LogP contribution is 2.40. The Morgan fingerprint density at radius 3 is 2.33 bits per heavy atom. The van der Waals surface area contributed by atoms with Crippen LogP contribution < -0.4 is 0 Å². The maximum Gasteiger partial charge on any atom is 0.0665 e. The SMILES string of the molecule is Cc1cccc(C(Br)c2ccc(Br)c3ccccc23)c1Cl.